The number of hydrogen-bond donors (Lipinski definition) is 1. The summed E-state index contributed by atoms with van der Waals surface area (Å²) in [4.78, 5) is 19.0. The summed E-state index contributed by atoms with van der Waals surface area (Å²) in [5.41, 5.74) is 0.170. The fourth-order valence-electron chi connectivity index (χ4n) is 1.96. The highest BCUT2D eigenvalue weighted by molar-refractivity contribution is 7.98. The maximum atomic E-state index is 13.6. The lowest BCUT2D eigenvalue weighted by atomic mass is 10.2. The van der Waals surface area contributed by atoms with Gasteiger partial charge in [-0.25, -0.2) is 13.8 Å². The van der Waals surface area contributed by atoms with Crippen LogP contribution in [0.1, 0.15) is 5.82 Å². The smallest absolute Gasteiger partial charge is 0.258 e. The largest absolute Gasteiger partial charge is 0.309 e. The maximum Gasteiger partial charge on any atom is 0.258 e. The fraction of sp³-hybridized carbons (Fsp3) is 0.0667. The van der Waals surface area contributed by atoms with Crippen LogP contribution in [0, 0.1) is 11.6 Å². The molecule has 0 saturated heterocycles. The predicted molar refractivity (Wildman–Crippen MR) is 83.3 cm³/mol. The van der Waals surface area contributed by atoms with Gasteiger partial charge in [0.05, 0.1) is 16.7 Å². The lowest BCUT2D eigenvalue weighted by Crippen LogP contribution is -2.11. The molecule has 3 aromatic rings. The number of halogens is 3. The molecule has 2 aromatic carbocycles. The van der Waals surface area contributed by atoms with Gasteiger partial charge in [0.15, 0.2) is 0 Å². The van der Waals surface area contributed by atoms with Gasteiger partial charge in [0.25, 0.3) is 5.56 Å². The highest BCUT2D eigenvalue weighted by Gasteiger charge is 2.08. The fourth-order valence-corrected chi connectivity index (χ4v) is 2.96. The number of aromatic amines is 1. The molecule has 0 amide bonds. The van der Waals surface area contributed by atoms with Gasteiger partial charge in [0.1, 0.15) is 17.5 Å². The van der Waals surface area contributed by atoms with Crippen molar-refractivity contribution >= 4 is 34.3 Å². The molecule has 3 rings (SSSR count). The summed E-state index contributed by atoms with van der Waals surface area (Å²) in [5, 5.41) is 0.899. The van der Waals surface area contributed by atoms with E-state index >= 15 is 0 Å². The molecule has 0 aliphatic heterocycles. The number of fused-ring (bicyclic) bond motifs is 1. The van der Waals surface area contributed by atoms with E-state index in [1.807, 2.05) is 0 Å². The summed E-state index contributed by atoms with van der Waals surface area (Å²) in [7, 11) is 0. The number of thioether (sulfide) groups is 1. The second kappa shape index (κ2) is 6.06. The monoisotopic (exact) mass is 338 g/mol. The van der Waals surface area contributed by atoms with Crippen LogP contribution in [0.3, 0.4) is 0 Å². The van der Waals surface area contributed by atoms with Crippen molar-refractivity contribution in [3.05, 3.63) is 69.2 Å². The standard InChI is InChI=1S/C15H9ClF2N2OS/c16-8-1-3-10-12(5-8)19-14(20-15(10)21)7-22-13-6-9(17)2-4-11(13)18/h1-6H,7H2,(H,19,20,21). The Morgan fingerprint density at radius 2 is 2.00 bits per heavy atom. The number of aromatic nitrogens is 2. The number of nitrogens with one attached hydrogen (secondary N) is 1. The summed E-state index contributed by atoms with van der Waals surface area (Å²) >= 11 is 6.94. The quantitative estimate of drug-likeness (QED) is 0.730. The molecule has 7 heteroatoms. The second-order valence-corrected chi connectivity index (χ2v) is 5.99. The third kappa shape index (κ3) is 3.13. The molecule has 3 nitrogen and oxygen atoms in total. The summed E-state index contributed by atoms with van der Waals surface area (Å²) in [6.07, 6.45) is 0. The molecule has 1 N–H and O–H groups in total. The van der Waals surface area contributed by atoms with Crippen LogP contribution in [0.5, 0.6) is 0 Å². The van der Waals surface area contributed by atoms with Crippen molar-refractivity contribution in [3.63, 3.8) is 0 Å². The van der Waals surface area contributed by atoms with Crippen LogP contribution in [-0.4, -0.2) is 9.97 Å². The first kappa shape index (κ1) is 15.0. The van der Waals surface area contributed by atoms with Crippen molar-refractivity contribution in [1.29, 1.82) is 0 Å². The molecule has 0 fully saturated rings. The molecule has 0 bridgehead atoms. The van der Waals surface area contributed by atoms with Crippen molar-refractivity contribution in [3.8, 4) is 0 Å². The Morgan fingerprint density at radius 3 is 2.82 bits per heavy atom. The van der Waals surface area contributed by atoms with Gasteiger partial charge in [-0.2, -0.15) is 0 Å². The van der Waals surface area contributed by atoms with Crippen molar-refractivity contribution in [2.24, 2.45) is 0 Å². The molecule has 1 aromatic heterocycles. The van der Waals surface area contributed by atoms with E-state index in [9.17, 15) is 13.6 Å². The van der Waals surface area contributed by atoms with E-state index in [4.69, 9.17) is 11.6 Å². The van der Waals surface area contributed by atoms with Gasteiger partial charge < -0.3 is 4.98 Å². The molecule has 112 valence electrons. The number of nitrogens with zero attached hydrogens (tertiary/aromatic N) is 1. The maximum absolute atomic E-state index is 13.6. The lowest BCUT2D eigenvalue weighted by molar-refractivity contribution is 0.577. The van der Waals surface area contributed by atoms with Crippen molar-refractivity contribution in [1.82, 2.24) is 9.97 Å². The number of rotatable bonds is 3. The van der Waals surface area contributed by atoms with Crippen molar-refractivity contribution in [2.45, 2.75) is 10.6 Å². The molecule has 0 spiro atoms. The molecule has 22 heavy (non-hydrogen) atoms. The highest BCUT2D eigenvalue weighted by Crippen LogP contribution is 2.25. The Bertz CT molecular complexity index is 914. The van der Waals surface area contributed by atoms with Gasteiger partial charge >= 0.3 is 0 Å². The predicted octanol–water partition coefficient (Wildman–Crippen LogP) is 4.15. The van der Waals surface area contributed by atoms with Gasteiger partial charge in [-0.15, -0.1) is 11.8 Å². The highest BCUT2D eigenvalue weighted by atomic mass is 35.5. The molecule has 1 heterocycles. The van der Waals surface area contributed by atoms with Gasteiger partial charge in [0, 0.05) is 9.92 Å². The van der Waals surface area contributed by atoms with Crippen LogP contribution >= 0.6 is 23.4 Å². The minimum atomic E-state index is -0.518. The average molecular weight is 339 g/mol. The third-order valence-corrected chi connectivity index (χ3v) is 4.25. The minimum Gasteiger partial charge on any atom is -0.309 e. The minimum absolute atomic E-state index is 0.161. The van der Waals surface area contributed by atoms with Crippen LogP contribution < -0.4 is 5.56 Å². The van der Waals surface area contributed by atoms with Crippen LogP contribution in [0.25, 0.3) is 10.9 Å². The normalized spacial score (nSPS) is 11.0. The summed E-state index contributed by atoms with van der Waals surface area (Å²) in [5.74, 6) is -0.459. The molecular formula is C15H9ClF2N2OS. The van der Waals surface area contributed by atoms with E-state index in [0.29, 0.717) is 21.7 Å². The zero-order valence-electron chi connectivity index (χ0n) is 11.1. The zero-order chi connectivity index (χ0) is 15.7. The second-order valence-electron chi connectivity index (χ2n) is 4.54. The number of benzene rings is 2. The lowest BCUT2D eigenvalue weighted by Gasteiger charge is -2.05. The SMILES string of the molecule is O=c1[nH]c(CSc2cc(F)ccc2F)nc2cc(Cl)ccc12. The average Bonchev–Trinajstić information content (AvgIpc) is 2.47. The van der Waals surface area contributed by atoms with Crippen LogP contribution in [0.2, 0.25) is 5.02 Å². The van der Waals surface area contributed by atoms with E-state index in [-0.39, 0.29) is 16.2 Å². The topological polar surface area (TPSA) is 45.8 Å². The molecule has 0 radical (unpaired) electrons. The third-order valence-electron chi connectivity index (χ3n) is 2.98. The Morgan fingerprint density at radius 1 is 1.18 bits per heavy atom. The Kier molecular flexibility index (Phi) is 4.13. The van der Waals surface area contributed by atoms with Gasteiger partial charge in [-0.1, -0.05) is 11.6 Å². The van der Waals surface area contributed by atoms with Crippen molar-refractivity contribution < 1.29 is 8.78 Å². The Hall–Kier alpha value is -1.92. The summed E-state index contributed by atoms with van der Waals surface area (Å²) in [6.45, 7) is 0. The van der Waals surface area contributed by atoms with E-state index < -0.39 is 11.6 Å². The van der Waals surface area contributed by atoms with Crippen molar-refractivity contribution in [2.75, 3.05) is 0 Å². The number of H-pyrrole nitrogens is 1. The zero-order valence-corrected chi connectivity index (χ0v) is 12.6. The Labute approximate surface area is 133 Å². The van der Waals surface area contributed by atoms with E-state index in [1.54, 1.807) is 18.2 Å². The van der Waals surface area contributed by atoms with Gasteiger partial charge in [0.2, 0.25) is 0 Å². The molecule has 0 unspecified atom stereocenters. The summed E-state index contributed by atoms with van der Waals surface area (Å²) in [6, 6.07) is 8.01. The molecule has 0 atom stereocenters. The summed E-state index contributed by atoms with van der Waals surface area (Å²) < 4.78 is 26.7. The van der Waals surface area contributed by atoms with Gasteiger partial charge in [-0.05, 0) is 36.4 Å². The first-order valence-electron chi connectivity index (χ1n) is 6.29. The first-order chi connectivity index (χ1) is 10.5. The van der Waals surface area contributed by atoms with Gasteiger partial charge in [-0.3, -0.25) is 4.79 Å². The Balaban J connectivity index is 1.91. The molecular weight excluding hydrogens is 330 g/mol. The molecule has 0 aliphatic rings. The van der Waals surface area contributed by atoms with E-state index in [2.05, 4.69) is 9.97 Å². The van der Waals surface area contributed by atoms with E-state index in [1.165, 1.54) is 0 Å². The van der Waals surface area contributed by atoms with Crippen LogP contribution in [0.15, 0.2) is 46.1 Å². The van der Waals surface area contributed by atoms with E-state index in [0.717, 1.165) is 30.0 Å². The van der Waals surface area contributed by atoms with Crippen LogP contribution in [-0.2, 0) is 5.75 Å². The number of hydrogen-bond acceptors (Lipinski definition) is 3. The van der Waals surface area contributed by atoms with Crippen LogP contribution in [0.4, 0.5) is 8.78 Å². The molecule has 0 saturated carbocycles. The first-order valence-corrected chi connectivity index (χ1v) is 7.65. The molecule has 0 aliphatic carbocycles.